The molecule has 1 N–H and O–H groups in total. The van der Waals surface area contributed by atoms with Gasteiger partial charge in [0.15, 0.2) is 5.17 Å². The Kier molecular flexibility index (Phi) is 8.33. The van der Waals surface area contributed by atoms with Crippen LogP contribution in [0.15, 0.2) is 4.99 Å². The Balaban J connectivity index is 4.29. The zero-order chi connectivity index (χ0) is 10.8. The van der Waals surface area contributed by atoms with Crippen LogP contribution in [0.2, 0.25) is 0 Å². The van der Waals surface area contributed by atoms with Gasteiger partial charge in [-0.25, -0.2) is 0 Å². The van der Waals surface area contributed by atoms with Crippen LogP contribution in [0.5, 0.6) is 0 Å². The van der Waals surface area contributed by atoms with Gasteiger partial charge >= 0.3 is 0 Å². The first-order chi connectivity index (χ1) is 6.79. The van der Waals surface area contributed by atoms with E-state index in [2.05, 4.69) is 4.99 Å². The summed E-state index contributed by atoms with van der Waals surface area (Å²) in [7, 11) is 1.61. The van der Waals surface area contributed by atoms with E-state index in [4.69, 9.17) is 15.1 Å². The predicted molar refractivity (Wildman–Crippen MR) is 57.1 cm³/mol. The molecule has 0 aliphatic heterocycles. The summed E-state index contributed by atoms with van der Waals surface area (Å²) < 4.78 is 4.92. The van der Waals surface area contributed by atoms with E-state index in [1.54, 1.807) is 13.3 Å². The Bertz CT molecular complexity index is 215. The summed E-state index contributed by atoms with van der Waals surface area (Å²) in [4.78, 5) is 5.48. The summed E-state index contributed by atoms with van der Waals surface area (Å²) in [5, 5.41) is 17.9. The third kappa shape index (κ3) is 5.07. The standard InChI is InChI=1S/C8H15N3O2S/c1-13-6-4-11(3-5-12)8(14-2)10-7-9/h12H,3-6H2,1-2H3. The third-order valence-electron chi connectivity index (χ3n) is 1.53. The minimum Gasteiger partial charge on any atom is -0.395 e. The number of thioether (sulfide) groups is 1. The van der Waals surface area contributed by atoms with Gasteiger partial charge in [-0.3, -0.25) is 0 Å². The Morgan fingerprint density at radius 3 is 2.79 bits per heavy atom. The van der Waals surface area contributed by atoms with E-state index in [9.17, 15) is 0 Å². The van der Waals surface area contributed by atoms with Crippen LogP contribution < -0.4 is 0 Å². The summed E-state index contributed by atoms with van der Waals surface area (Å²) in [6, 6.07) is 0. The first-order valence-corrected chi connectivity index (χ1v) is 5.38. The topological polar surface area (TPSA) is 68.8 Å². The highest BCUT2D eigenvalue weighted by atomic mass is 32.2. The normalized spacial score (nSPS) is 11.1. The Hall–Kier alpha value is -0.770. The van der Waals surface area contributed by atoms with Gasteiger partial charge in [0.25, 0.3) is 0 Å². The summed E-state index contributed by atoms with van der Waals surface area (Å²) in [5.74, 6) is 0. The number of ether oxygens (including phenoxy) is 1. The van der Waals surface area contributed by atoms with Crippen LogP contribution >= 0.6 is 11.8 Å². The average Bonchev–Trinajstić information content (AvgIpc) is 2.21. The molecule has 0 fully saturated rings. The Labute approximate surface area is 88.4 Å². The lowest BCUT2D eigenvalue weighted by Gasteiger charge is -2.22. The number of amidine groups is 1. The largest absolute Gasteiger partial charge is 0.395 e. The van der Waals surface area contributed by atoms with E-state index < -0.39 is 0 Å². The molecular formula is C8H15N3O2S. The first kappa shape index (κ1) is 13.2. The summed E-state index contributed by atoms with van der Waals surface area (Å²) >= 11 is 1.38. The molecule has 6 heteroatoms. The lowest BCUT2D eigenvalue weighted by Crippen LogP contribution is -2.34. The number of aliphatic imine (C=N–C) groups is 1. The molecule has 0 atom stereocenters. The monoisotopic (exact) mass is 217 g/mol. The van der Waals surface area contributed by atoms with Crippen LogP contribution in [0, 0.1) is 11.5 Å². The van der Waals surface area contributed by atoms with Crippen molar-refractivity contribution in [3.63, 3.8) is 0 Å². The molecule has 5 nitrogen and oxygen atoms in total. The van der Waals surface area contributed by atoms with Gasteiger partial charge in [-0.2, -0.15) is 5.26 Å². The van der Waals surface area contributed by atoms with Crippen molar-refractivity contribution >= 4 is 16.9 Å². The van der Waals surface area contributed by atoms with Crippen molar-refractivity contribution in [3.8, 4) is 6.19 Å². The lowest BCUT2D eigenvalue weighted by atomic mass is 10.5. The second-order valence-electron chi connectivity index (χ2n) is 2.40. The minimum absolute atomic E-state index is 0.0364. The maximum atomic E-state index is 8.82. The molecule has 0 bridgehead atoms. The Morgan fingerprint density at radius 1 is 1.64 bits per heavy atom. The summed E-state index contributed by atoms with van der Waals surface area (Å²) in [6.07, 6.45) is 3.58. The second kappa shape index (κ2) is 8.81. The predicted octanol–water partition coefficient (Wildman–Crippen LogP) is 0.127. The fourth-order valence-corrected chi connectivity index (χ4v) is 1.49. The Morgan fingerprint density at radius 2 is 2.36 bits per heavy atom. The molecule has 0 aliphatic carbocycles. The fraction of sp³-hybridized carbons (Fsp3) is 0.750. The molecule has 0 saturated heterocycles. The van der Waals surface area contributed by atoms with E-state index in [-0.39, 0.29) is 6.61 Å². The minimum atomic E-state index is 0.0364. The van der Waals surface area contributed by atoms with Crippen LogP contribution in [0.25, 0.3) is 0 Å². The quantitative estimate of drug-likeness (QED) is 0.402. The molecule has 0 aromatic heterocycles. The highest BCUT2D eigenvalue weighted by Crippen LogP contribution is 2.04. The van der Waals surface area contributed by atoms with Crippen LogP contribution in [-0.2, 0) is 4.74 Å². The van der Waals surface area contributed by atoms with Gasteiger partial charge in [-0.1, -0.05) is 11.8 Å². The average molecular weight is 217 g/mol. The number of aliphatic hydroxyl groups is 1. The number of hydrogen-bond acceptors (Lipinski definition) is 5. The first-order valence-electron chi connectivity index (χ1n) is 4.15. The zero-order valence-electron chi connectivity index (χ0n) is 8.43. The van der Waals surface area contributed by atoms with Crippen molar-refractivity contribution in [1.29, 1.82) is 5.26 Å². The van der Waals surface area contributed by atoms with Crippen LogP contribution in [-0.4, -0.2) is 54.8 Å². The van der Waals surface area contributed by atoms with E-state index in [0.717, 1.165) is 0 Å². The molecule has 0 unspecified atom stereocenters. The summed E-state index contributed by atoms with van der Waals surface area (Å²) in [6.45, 7) is 1.67. The molecule has 80 valence electrons. The molecule has 0 aromatic carbocycles. The molecule has 0 amide bonds. The van der Waals surface area contributed by atoms with E-state index >= 15 is 0 Å². The van der Waals surface area contributed by atoms with Crippen molar-refractivity contribution in [2.24, 2.45) is 4.99 Å². The van der Waals surface area contributed by atoms with Gasteiger partial charge in [0, 0.05) is 20.2 Å². The molecule has 0 spiro atoms. The smallest absolute Gasteiger partial charge is 0.208 e. The SMILES string of the molecule is COCCN(CCO)C(=NC#N)SC. The van der Waals surface area contributed by atoms with Gasteiger partial charge in [0.05, 0.1) is 13.2 Å². The van der Waals surface area contributed by atoms with E-state index in [1.165, 1.54) is 11.8 Å². The molecule has 0 aromatic rings. The van der Waals surface area contributed by atoms with Crippen LogP contribution in [0.1, 0.15) is 0 Å². The third-order valence-corrected chi connectivity index (χ3v) is 2.25. The molecule has 0 saturated carbocycles. The van der Waals surface area contributed by atoms with Crippen molar-refractivity contribution in [1.82, 2.24) is 4.90 Å². The number of methoxy groups -OCH3 is 1. The molecule has 0 rings (SSSR count). The second-order valence-corrected chi connectivity index (χ2v) is 3.18. The van der Waals surface area contributed by atoms with Gasteiger partial charge in [0.1, 0.15) is 0 Å². The number of aliphatic hydroxyl groups excluding tert-OH is 1. The number of nitriles is 1. The maximum absolute atomic E-state index is 8.82. The van der Waals surface area contributed by atoms with Crippen molar-refractivity contribution in [2.75, 3.05) is 39.7 Å². The maximum Gasteiger partial charge on any atom is 0.208 e. The van der Waals surface area contributed by atoms with Gasteiger partial charge in [-0.15, -0.1) is 4.99 Å². The summed E-state index contributed by atoms with van der Waals surface area (Å²) in [5.41, 5.74) is 0. The van der Waals surface area contributed by atoms with Gasteiger partial charge in [-0.05, 0) is 6.26 Å². The van der Waals surface area contributed by atoms with E-state index in [0.29, 0.717) is 24.9 Å². The van der Waals surface area contributed by atoms with Crippen molar-refractivity contribution < 1.29 is 9.84 Å². The van der Waals surface area contributed by atoms with Gasteiger partial charge < -0.3 is 14.7 Å². The lowest BCUT2D eigenvalue weighted by molar-refractivity contribution is 0.166. The number of rotatable bonds is 5. The fourth-order valence-electron chi connectivity index (χ4n) is 0.914. The highest BCUT2D eigenvalue weighted by molar-refractivity contribution is 8.13. The molecule has 0 aliphatic rings. The molecular weight excluding hydrogens is 202 g/mol. The van der Waals surface area contributed by atoms with E-state index in [1.807, 2.05) is 11.2 Å². The molecule has 0 radical (unpaired) electrons. The highest BCUT2D eigenvalue weighted by Gasteiger charge is 2.09. The van der Waals surface area contributed by atoms with Crippen LogP contribution in [0.3, 0.4) is 0 Å². The molecule has 14 heavy (non-hydrogen) atoms. The number of nitrogens with zero attached hydrogens (tertiary/aromatic N) is 3. The number of hydrogen-bond donors (Lipinski definition) is 1. The van der Waals surface area contributed by atoms with Gasteiger partial charge in [0.2, 0.25) is 6.19 Å². The van der Waals surface area contributed by atoms with Crippen LogP contribution in [0.4, 0.5) is 0 Å². The van der Waals surface area contributed by atoms with Crippen molar-refractivity contribution in [3.05, 3.63) is 0 Å². The zero-order valence-corrected chi connectivity index (χ0v) is 9.25. The molecule has 0 heterocycles. The van der Waals surface area contributed by atoms with Crippen molar-refractivity contribution in [2.45, 2.75) is 0 Å².